The minimum Gasteiger partial charge on any atom is -0.253 e. The molecule has 1 aromatic heterocycles. The van der Waals surface area contributed by atoms with Crippen LogP contribution in [0.5, 0.6) is 0 Å². The van der Waals surface area contributed by atoms with Crippen molar-refractivity contribution in [3.8, 4) is 11.3 Å². The van der Waals surface area contributed by atoms with E-state index in [9.17, 15) is 0 Å². The van der Waals surface area contributed by atoms with Gasteiger partial charge >= 0.3 is 0 Å². The number of hydrogen-bond acceptors (Lipinski definition) is 4. The van der Waals surface area contributed by atoms with E-state index in [-0.39, 0.29) is 0 Å². The monoisotopic (exact) mass is 307 g/mol. The number of hydrogen-bond donors (Lipinski definition) is 1. The maximum atomic E-state index is 4.55. The molecule has 0 saturated carbocycles. The van der Waals surface area contributed by atoms with Gasteiger partial charge in [-0.2, -0.15) is 5.10 Å². The third-order valence-electron chi connectivity index (χ3n) is 3.27. The highest BCUT2D eigenvalue weighted by Gasteiger charge is 2.03. The molecule has 0 aliphatic carbocycles. The summed E-state index contributed by atoms with van der Waals surface area (Å²) in [7, 11) is 0. The summed E-state index contributed by atoms with van der Waals surface area (Å²) in [4.78, 5) is 4.55. The van der Waals surface area contributed by atoms with E-state index in [0.29, 0.717) is 0 Å². The van der Waals surface area contributed by atoms with Crippen LogP contribution in [0, 0.1) is 13.8 Å². The van der Waals surface area contributed by atoms with E-state index in [1.54, 1.807) is 17.6 Å². The molecule has 0 unspecified atom stereocenters. The van der Waals surface area contributed by atoms with E-state index in [1.165, 1.54) is 11.1 Å². The number of benzene rings is 2. The van der Waals surface area contributed by atoms with Crippen molar-refractivity contribution in [3.05, 3.63) is 70.6 Å². The maximum Gasteiger partial charge on any atom is 0.203 e. The molecule has 0 aliphatic rings. The lowest BCUT2D eigenvalue weighted by atomic mass is 10.1. The summed E-state index contributed by atoms with van der Waals surface area (Å²) >= 11 is 1.55. The van der Waals surface area contributed by atoms with Gasteiger partial charge in [0.1, 0.15) is 0 Å². The highest BCUT2D eigenvalue weighted by atomic mass is 32.1. The topological polar surface area (TPSA) is 37.3 Å². The summed E-state index contributed by atoms with van der Waals surface area (Å²) < 4.78 is 0. The average Bonchev–Trinajstić information content (AvgIpc) is 2.97. The maximum absolute atomic E-state index is 4.55. The van der Waals surface area contributed by atoms with Gasteiger partial charge in [-0.15, -0.1) is 11.3 Å². The predicted octanol–water partition coefficient (Wildman–Crippen LogP) is 4.87. The van der Waals surface area contributed by atoms with Gasteiger partial charge in [-0.25, -0.2) is 4.98 Å². The average molecular weight is 307 g/mol. The first-order valence-corrected chi connectivity index (χ1v) is 7.97. The van der Waals surface area contributed by atoms with Crippen LogP contribution in [0.25, 0.3) is 11.3 Å². The molecule has 0 spiro atoms. The lowest BCUT2D eigenvalue weighted by Gasteiger charge is -1.97. The fourth-order valence-corrected chi connectivity index (χ4v) is 2.76. The molecule has 0 radical (unpaired) electrons. The van der Waals surface area contributed by atoms with E-state index >= 15 is 0 Å². The van der Waals surface area contributed by atoms with Crippen LogP contribution in [-0.4, -0.2) is 11.2 Å². The number of hydrazone groups is 1. The standard InChI is InChI=1S/C18H17N3S/c1-13-6-8-16(9-7-13)17-12-22-18(20-17)21-19-11-15-5-3-4-14(2)10-15/h3-12H,1-2H3,(H,20,21)/b19-11-. The smallest absolute Gasteiger partial charge is 0.203 e. The van der Waals surface area contributed by atoms with Gasteiger partial charge in [0.2, 0.25) is 5.13 Å². The number of anilines is 1. The van der Waals surface area contributed by atoms with Crippen molar-refractivity contribution in [3.63, 3.8) is 0 Å². The van der Waals surface area contributed by atoms with Gasteiger partial charge in [0.15, 0.2) is 0 Å². The van der Waals surface area contributed by atoms with Crippen molar-refractivity contribution in [1.82, 2.24) is 4.98 Å². The van der Waals surface area contributed by atoms with Crippen LogP contribution >= 0.6 is 11.3 Å². The van der Waals surface area contributed by atoms with Crippen LogP contribution in [0.15, 0.2) is 59.0 Å². The molecule has 0 aliphatic heterocycles. The molecular weight excluding hydrogens is 290 g/mol. The number of aryl methyl sites for hydroxylation is 2. The van der Waals surface area contributed by atoms with Crippen molar-refractivity contribution in [2.24, 2.45) is 5.10 Å². The summed E-state index contributed by atoms with van der Waals surface area (Å²) in [5, 5.41) is 7.08. The van der Waals surface area contributed by atoms with Crippen LogP contribution in [0.3, 0.4) is 0 Å². The van der Waals surface area contributed by atoms with Crippen molar-refractivity contribution >= 4 is 22.7 Å². The van der Waals surface area contributed by atoms with Gasteiger partial charge in [-0.1, -0.05) is 59.7 Å². The molecule has 3 aromatic rings. The Kier molecular flexibility index (Phi) is 4.30. The molecular formula is C18H17N3S. The Balaban J connectivity index is 1.68. The SMILES string of the molecule is Cc1ccc(-c2csc(N/N=C\c3cccc(C)c3)n2)cc1. The molecule has 0 atom stereocenters. The lowest BCUT2D eigenvalue weighted by molar-refractivity contribution is 1.29. The van der Waals surface area contributed by atoms with E-state index in [4.69, 9.17) is 0 Å². The number of nitrogens with one attached hydrogen (secondary N) is 1. The van der Waals surface area contributed by atoms with E-state index in [0.717, 1.165) is 22.0 Å². The second kappa shape index (κ2) is 6.54. The Hall–Kier alpha value is -2.46. The van der Waals surface area contributed by atoms with E-state index < -0.39 is 0 Å². The van der Waals surface area contributed by atoms with Crippen LogP contribution < -0.4 is 5.43 Å². The first kappa shape index (κ1) is 14.5. The predicted molar refractivity (Wildman–Crippen MR) is 94.7 cm³/mol. The highest BCUT2D eigenvalue weighted by molar-refractivity contribution is 7.14. The molecule has 3 nitrogen and oxygen atoms in total. The fourth-order valence-electron chi connectivity index (χ4n) is 2.09. The lowest BCUT2D eigenvalue weighted by Crippen LogP contribution is -1.90. The van der Waals surface area contributed by atoms with Gasteiger partial charge < -0.3 is 0 Å². The molecule has 0 fully saturated rings. The third-order valence-corrected chi connectivity index (χ3v) is 4.01. The first-order chi connectivity index (χ1) is 10.7. The van der Waals surface area contributed by atoms with Crippen molar-refractivity contribution in [2.75, 3.05) is 5.43 Å². The summed E-state index contributed by atoms with van der Waals surface area (Å²) in [6.07, 6.45) is 1.81. The quantitative estimate of drug-likeness (QED) is 0.551. The van der Waals surface area contributed by atoms with Gasteiger partial charge in [-0.3, -0.25) is 5.43 Å². The Morgan fingerprint density at radius 3 is 2.64 bits per heavy atom. The Labute approximate surface area is 134 Å². The van der Waals surface area contributed by atoms with Gasteiger partial charge in [0.05, 0.1) is 11.9 Å². The second-order valence-corrected chi connectivity index (χ2v) is 6.05. The second-order valence-electron chi connectivity index (χ2n) is 5.19. The van der Waals surface area contributed by atoms with Gasteiger partial charge in [0.25, 0.3) is 0 Å². The Morgan fingerprint density at radius 1 is 1.05 bits per heavy atom. The summed E-state index contributed by atoms with van der Waals surface area (Å²) in [6, 6.07) is 16.6. The van der Waals surface area contributed by atoms with Crippen molar-refractivity contribution < 1.29 is 0 Å². The Morgan fingerprint density at radius 2 is 1.86 bits per heavy atom. The van der Waals surface area contributed by atoms with Crippen LogP contribution in [0.2, 0.25) is 0 Å². The minimum atomic E-state index is 0.791. The number of rotatable bonds is 4. The summed E-state index contributed by atoms with van der Waals surface area (Å²) in [5.74, 6) is 0. The Bertz CT molecular complexity index is 788. The number of aromatic nitrogens is 1. The molecule has 0 amide bonds. The summed E-state index contributed by atoms with van der Waals surface area (Å²) in [5.41, 5.74) is 8.63. The van der Waals surface area contributed by atoms with Crippen molar-refractivity contribution in [2.45, 2.75) is 13.8 Å². The molecule has 110 valence electrons. The van der Waals surface area contributed by atoms with E-state index in [2.05, 4.69) is 65.8 Å². The molecule has 0 saturated heterocycles. The first-order valence-electron chi connectivity index (χ1n) is 7.09. The van der Waals surface area contributed by atoms with Crippen LogP contribution in [-0.2, 0) is 0 Å². The molecule has 1 N–H and O–H groups in total. The van der Waals surface area contributed by atoms with Gasteiger partial charge in [-0.05, 0) is 19.4 Å². The molecule has 4 heteroatoms. The summed E-state index contributed by atoms with van der Waals surface area (Å²) in [6.45, 7) is 4.15. The highest BCUT2D eigenvalue weighted by Crippen LogP contribution is 2.25. The zero-order valence-corrected chi connectivity index (χ0v) is 13.4. The number of thiazole rings is 1. The molecule has 1 heterocycles. The largest absolute Gasteiger partial charge is 0.253 e. The normalized spacial score (nSPS) is 11.0. The fraction of sp³-hybridized carbons (Fsp3) is 0.111. The van der Waals surface area contributed by atoms with E-state index in [1.807, 2.05) is 17.5 Å². The van der Waals surface area contributed by atoms with Crippen LogP contribution in [0.4, 0.5) is 5.13 Å². The minimum absolute atomic E-state index is 0.791. The zero-order chi connectivity index (χ0) is 15.4. The van der Waals surface area contributed by atoms with Gasteiger partial charge in [0, 0.05) is 10.9 Å². The molecule has 3 rings (SSSR count). The molecule has 22 heavy (non-hydrogen) atoms. The van der Waals surface area contributed by atoms with Crippen LogP contribution in [0.1, 0.15) is 16.7 Å². The van der Waals surface area contributed by atoms with Crippen molar-refractivity contribution in [1.29, 1.82) is 0 Å². The molecule has 0 bridgehead atoms. The zero-order valence-electron chi connectivity index (χ0n) is 12.6. The molecule has 2 aromatic carbocycles. The number of nitrogens with zero attached hydrogens (tertiary/aromatic N) is 2. The third kappa shape index (κ3) is 3.59.